The van der Waals surface area contributed by atoms with Crippen LogP contribution in [0.25, 0.3) is 0 Å². The molecule has 10 atom stereocenters. The van der Waals surface area contributed by atoms with E-state index in [-0.39, 0.29) is 38.8 Å². The van der Waals surface area contributed by atoms with Gasteiger partial charge in [-0.2, -0.15) is 0 Å². The maximum absolute atomic E-state index is 13.3. The molecular weight excluding hydrogens is 704 g/mol. The topological polar surface area (TPSA) is 226 Å². The van der Waals surface area contributed by atoms with E-state index in [0.717, 1.165) is 0 Å². The maximum Gasteiger partial charge on any atom is 0.407 e. The highest BCUT2D eigenvalue weighted by atomic mass is 16.9. The number of hydrogen-bond donors (Lipinski definition) is 4. The summed E-state index contributed by atoms with van der Waals surface area (Å²) in [6.45, 7) is 12.0. The molecule has 0 aromatic rings. The molecule has 4 N–H and O–H groups in total. The minimum atomic E-state index is -0.925. The van der Waals surface area contributed by atoms with Crippen LogP contribution in [0.4, 0.5) is 4.79 Å². The van der Waals surface area contributed by atoms with Gasteiger partial charge in [0.05, 0.1) is 25.6 Å². The van der Waals surface area contributed by atoms with E-state index in [9.17, 15) is 24.0 Å². The summed E-state index contributed by atoms with van der Waals surface area (Å²) in [5.41, 5.74) is -0.808. The molecule has 0 aromatic heterocycles. The smallest absolute Gasteiger partial charge is 0.407 e. The fourth-order valence-corrected chi connectivity index (χ4v) is 6.69. The van der Waals surface area contributed by atoms with Crippen LogP contribution in [0.15, 0.2) is 0 Å². The third-order valence-corrected chi connectivity index (χ3v) is 8.80. The van der Waals surface area contributed by atoms with E-state index in [2.05, 4.69) is 26.0 Å². The fourth-order valence-electron chi connectivity index (χ4n) is 6.69. The molecule has 0 spiro atoms. The summed E-state index contributed by atoms with van der Waals surface area (Å²) >= 11 is 0. The van der Waals surface area contributed by atoms with Gasteiger partial charge in [-0.3, -0.25) is 19.2 Å². The zero-order valence-electron chi connectivity index (χ0n) is 32.1. The number of esters is 1. The lowest BCUT2D eigenvalue weighted by atomic mass is 9.99. The number of nitrogens with one attached hydrogen (secondary N) is 4. The molecule has 4 saturated heterocycles. The van der Waals surface area contributed by atoms with E-state index in [1.165, 1.54) is 21.3 Å². The molecule has 4 heterocycles. The lowest BCUT2D eigenvalue weighted by Crippen LogP contribution is -2.53. The van der Waals surface area contributed by atoms with Crippen LogP contribution in [0.5, 0.6) is 0 Å². The zero-order chi connectivity index (χ0) is 39.3. The second kappa shape index (κ2) is 17.5. The Balaban J connectivity index is 1.37. The predicted octanol–water partition coefficient (Wildman–Crippen LogP) is 0.113. The number of carbonyl (C=O) groups is 5. The van der Waals surface area contributed by atoms with Crippen molar-refractivity contribution >= 4 is 29.8 Å². The quantitative estimate of drug-likeness (QED) is 0.153. The van der Waals surface area contributed by atoms with Crippen molar-refractivity contribution in [3.05, 3.63) is 0 Å². The van der Waals surface area contributed by atoms with Crippen molar-refractivity contribution in [1.29, 1.82) is 0 Å². The summed E-state index contributed by atoms with van der Waals surface area (Å²) in [6, 6.07) is -1.82. The van der Waals surface area contributed by atoms with Crippen LogP contribution in [-0.4, -0.2) is 143 Å². The minimum absolute atomic E-state index is 0.0310. The van der Waals surface area contributed by atoms with E-state index in [4.69, 9.17) is 42.6 Å². The van der Waals surface area contributed by atoms with Crippen LogP contribution in [0.1, 0.15) is 74.1 Å². The Morgan fingerprint density at radius 3 is 1.55 bits per heavy atom. The van der Waals surface area contributed by atoms with Gasteiger partial charge < -0.3 is 68.6 Å². The first-order valence-electron chi connectivity index (χ1n) is 17.7. The summed E-state index contributed by atoms with van der Waals surface area (Å²) in [5, 5.41) is 10.9. The van der Waals surface area contributed by atoms with Gasteiger partial charge in [-0.15, -0.1) is 0 Å². The molecule has 0 aromatic carbocycles. The monoisotopic (exact) mass is 760 g/mol. The van der Waals surface area contributed by atoms with Crippen molar-refractivity contribution in [3.63, 3.8) is 0 Å². The SMILES string of the molecule is COC(=O)CCNC(=O)C[C@@H](NC(=O)CCNC(=O)C[C@@H](NC(=O)OC(C)(C)C)[C@H]1O[C@@H]2OC(C)(C)O[C@@H]2[C@H]1OC)[C@H]1O[C@@H]2OC(C)(C)O[C@@H]2[C@H]1OC. The molecule has 4 rings (SSSR count). The lowest BCUT2D eigenvalue weighted by molar-refractivity contribution is -0.220. The number of ether oxygens (including phenoxy) is 10. The van der Waals surface area contributed by atoms with E-state index < -0.39 is 108 Å². The highest BCUT2D eigenvalue weighted by molar-refractivity contribution is 5.82. The molecular formula is C34H56N4O15. The second-order valence-corrected chi connectivity index (χ2v) is 15.2. The summed E-state index contributed by atoms with van der Waals surface area (Å²) in [7, 11) is 4.18. The van der Waals surface area contributed by atoms with Crippen LogP contribution in [0, 0.1) is 0 Å². The molecule has 0 saturated carbocycles. The Morgan fingerprint density at radius 2 is 1.11 bits per heavy atom. The highest BCUT2D eigenvalue weighted by Crippen LogP contribution is 2.41. The Kier molecular flexibility index (Phi) is 14.1. The molecule has 4 aliphatic heterocycles. The average molecular weight is 761 g/mol. The van der Waals surface area contributed by atoms with Gasteiger partial charge >= 0.3 is 12.1 Å². The third-order valence-electron chi connectivity index (χ3n) is 8.80. The highest BCUT2D eigenvalue weighted by Gasteiger charge is 2.58. The van der Waals surface area contributed by atoms with E-state index in [1.807, 2.05) is 0 Å². The minimum Gasteiger partial charge on any atom is -0.469 e. The normalized spacial score (nSPS) is 30.8. The van der Waals surface area contributed by atoms with Crippen molar-refractivity contribution in [1.82, 2.24) is 21.3 Å². The summed E-state index contributed by atoms with van der Waals surface area (Å²) < 4.78 is 57.3. The van der Waals surface area contributed by atoms with Crippen molar-refractivity contribution < 1.29 is 71.3 Å². The van der Waals surface area contributed by atoms with Crippen molar-refractivity contribution in [2.75, 3.05) is 34.4 Å². The Hall–Kier alpha value is -3.17. The van der Waals surface area contributed by atoms with Crippen LogP contribution in [-0.2, 0) is 66.5 Å². The molecule has 4 amide bonds. The van der Waals surface area contributed by atoms with Crippen LogP contribution >= 0.6 is 0 Å². The number of amides is 4. The standard InChI is InChI=1S/C34H56N4O15/c1-32(2,3)53-31(43)38-18(24-26(46-10)28-30(48-24)52-34(6,7)50-28)16-21(41)35-13-11-19(39)37-17(15-20(40)36-14-12-22(42)44-8)23-25(45-9)27-29(47-23)51-33(4,5)49-27/h17-18,23-30H,11-16H2,1-10H3,(H,35,41)(H,36,40)(H,37,39)(H,38,43)/t17-,18-,23-,24-,25+,26+,27-,28-,29-,30-/m1/s1. The Bertz CT molecular complexity index is 1320. The molecule has 4 fully saturated rings. The van der Waals surface area contributed by atoms with Gasteiger partial charge in [0.25, 0.3) is 0 Å². The van der Waals surface area contributed by atoms with Gasteiger partial charge in [-0.25, -0.2) is 4.79 Å². The van der Waals surface area contributed by atoms with Crippen molar-refractivity contribution in [3.8, 4) is 0 Å². The summed E-state index contributed by atoms with van der Waals surface area (Å²) in [5.74, 6) is -3.78. The fraction of sp³-hybridized carbons (Fsp3) is 0.853. The molecule has 4 aliphatic rings. The zero-order valence-corrected chi connectivity index (χ0v) is 32.1. The molecule has 302 valence electrons. The average Bonchev–Trinajstić information content (AvgIpc) is 3.72. The van der Waals surface area contributed by atoms with Crippen molar-refractivity contribution in [2.24, 2.45) is 0 Å². The second-order valence-electron chi connectivity index (χ2n) is 15.2. The Morgan fingerprint density at radius 1 is 0.660 bits per heavy atom. The van der Waals surface area contributed by atoms with E-state index in [1.54, 1.807) is 48.5 Å². The molecule has 53 heavy (non-hydrogen) atoms. The largest absolute Gasteiger partial charge is 0.469 e. The molecule has 19 nitrogen and oxygen atoms in total. The molecule has 0 radical (unpaired) electrons. The molecule has 0 bridgehead atoms. The predicted molar refractivity (Wildman–Crippen MR) is 181 cm³/mol. The first kappa shape index (κ1) is 42.6. The summed E-state index contributed by atoms with van der Waals surface area (Å²) in [4.78, 5) is 63.8. The number of alkyl carbamates (subject to hydrolysis) is 1. The number of fused-ring (bicyclic) bond motifs is 2. The number of methoxy groups -OCH3 is 3. The van der Waals surface area contributed by atoms with Gasteiger partial charge in [0.15, 0.2) is 24.2 Å². The van der Waals surface area contributed by atoms with Gasteiger partial charge in [0, 0.05) is 46.6 Å². The van der Waals surface area contributed by atoms with Crippen LogP contribution in [0.2, 0.25) is 0 Å². The van der Waals surface area contributed by atoms with E-state index >= 15 is 0 Å². The lowest BCUT2D eigenvalue weighted by Gasteiger charge is -2.31. The van der Waals surface area contributed by atoms with Gasteiger partial charge in [-0.05, 0) is 48.5 Å². The number of rotatable bonds is 16. The van der Waals surface area contributed by atoms with Crippen molar-refractivity contribution in [2.45, 2.75) is 153 Å². The number of carbonyl (C=O) groups excluding carboxylic acids is 5. The van der Waals surface area contributed by atoms with Gasteiger partial charge in [0.1, 0.15) is 42.2 Å². The number of hydrogen-bond acceptors (Lipinski definition) is 15. The summed E-state index contributed by atoms with van der Waals surface area (Å²) in [6.07, 6.45) is -7.33. The van der Waals surface area contributed by atoms with Crippen LogP contribution < -0.4 is 21.3 Å². The van der Waals surface area contributed by atoms with Gasteiger partial charge in [0.2, 0.25) is 17.7 Å². The third kappa shape index (κ3) is 11.7. The van der Waals surface area contributed by atoms with Crippen LogP contribution in [0.3, 0.4) is 0 Å². The first-order chi connectivity index (χ1) is 24.7. The molecule has 0 unspecified atom stereocenters. The first-order valence-corrected chi connectivity index (χ1v) is 17.7. The molecule has 19 heteroatoms. The Labute approximate surface area is 309 Å². The van der Waals surface area contributed by atoms with E-state index in [0.29, 0.717) is 0 Å². The maximum atomic E-state index is 13.3. The van der Waals surface area contributed by atoms with Gasteiger partial charge in [-0.1, -0.05) is 0 Å². The molecule has 0 aliphatic carbocycles.